The quantitative estimate of drug-likeness (QED) is 0.726. The molecule has 0 radical (unpaired) electrons. The third-order valence-electron chi connectivity index (χ3n) is 2.93. The van der Waals surface area contributed by atoms with Crippen molar-refractivity contribution in [2.24, 2.45) is 5.41 Å². The van der Waals surface area contributed by atoms with Crippen LogP contribution < -0.4 is 0 Å². The molecule has 0 unspecified atom stereocenters. The summed E-state index contributed by atoms with van der Waals surface area (Å²) in [6.45, 7) is 7.73. The number of piperidine rings is 1. The van der Waals surface area contributed by atoms with E-state index in [4.69, 9.17) is 0 Å². The Hall–Kier alpha value is -0.0900. The molecule has 14 heavy (non-hydrogen) atoms. The highest BCUT2D eigenvalue weighted by Gasteiger charge is 2.30. The first-order chi connectivity index (χ1) is 6.37. The molecule has 1 aliphatic rings. The maximum atomic E-state index is 11.7. The summed E-state index contributed by atoms with van der Waals surface area (Å²) in [6, 6.07) is 0. The summed E-state index contributed by atoms with van der Waals surface area (Å²) in [4.78, 5) is 0. The fourth-order valence-electron chi connectivity index (χ4n) is 1.76. The van der Waals surface area contributed by atoms with Crippen LogP contribution in [0.1, 0.15) is 40.0 Å². The molecule has 84 valence electrons. The molecule has 0 saturated carbocycles. The zero-order chi connectivity index (χ0) is 10.8. The Morgan fingerprint density at radius 1 is 1.21 bits per heavy atom. The standard InChI is InChI=1S/C10H21NO2S/c1-4-9-14(12,13)11-7-5-10(2,3)6-8-11/h4-9H2,1-3H3. The minimum Gasteiger partial charge on any atom is -0.212 e. The summed E-state index contributed by atoms with van der Waals surface area (Å²) in [5.41, 5.74) is 0.318. The monoisotopic (exact) mass is 219 g/mol. The Morgan fingerprint density at radius 3 is 2.14 bits per heavy atom. The minimum atomic E-state index is -2.95. The predicted molar refractivity (Wildman–Crippen MR) is 58.7 cm³/mol. The van der Waals surface area contributed by atoms with Crippen LogP contribution >= 0.6 is 0 Å². The Labute approximate surface area is 87.5 Å². The molecule has 1 fully saturated rings. The topological polar surface area (TPSA) is 37.4 Å². The summed E-state index contributed by atoms with van der Waals surface area (Å²) < 4.78 is 25.1. The van der Waals surface area contributed by atoms with Gasteiger partial charge in [-0.1, -0.05) is 20.8 Å². The van der Waals surface area contributed by atoms with Crippen molar-refractivity contribution >= 4 is 10.0 Å². The van der Waals surface area contributed by atoms with Crippen molar-refractivity contribution in [3.05, 3.63) is 0 Å². The van der Waals surface area contributed by atoms with Crippen LogP contribution in [0, 0.1) is 5.41 Å². The molecule has 0 aromatic heterocycles. The first-order valence-electron chi connectivity index (χ1n) is 5.35. The molecular weight excluding hydrogens is 198 g/mol. The Bertz CT molecular complexity index is 272. The van der Waals surface area contributed by atoms with Gasteiger partial charge in [-0.2, -0.15) is 0 Å². The summed E-state index contributed by atoms with van der Waals surface area (Å²) in [7, 11) is -2.95. The Kier molecular flexibility index (Phi) is 3.58. The molecule has 1 aliphatic heterocycles. The van der Waals surface area contributed by atoms with E-state index in [9.17, 15) is 8.42 Å². The summed E-state index contributed by atoms with van der Waals surface area (Å²) in [5.74, 6) is 0.299. The van der Waals surface area contributed by atoms with E-state index in [1.807, 2.05) is 6.92 Å². The van der Waals surface area contributed by atoms with Gasteiger partial charge in [0.2, 0.25) is 10.0 Å². The van der Waals surface area contributed by atoms with Gasteiger partial charge in [-0.15, -0.1) is 0 Å². The van der Waals surface area contributed by atoms with Crippen molar-refractivity contribution in [2.45, 2.75) is 40.0 Å². The fourth-order valence-corrected chi connectivity index (χ4v) is 3.27. The molecule has 0 atom stereocenters. The smallest absolute Gasteiger partial charge is 0.212 e. The normalized spacial score (nSPS) is 23.6. The molecule has 1 heterocycles. The van der Waals surface area contributed by atoms with Crippen molar-refractivity contribution < 1.29 is 8.42 Å². The van der Waals surface area contributed by atoms with Crippen molar-refractivity contribution in [2.75, 3.05) is 18.8 Å². The van der Waals surface area contributed by atoms with E-state index in [0.29, 0.717) is 30.7 Å². The molecule has 0 aliphatic carbocycles. The molecular formula is C10H21NO2S. The van der Waals surface area contributed by atoms with E-state index in [-0.39, 0.29) is 0 Å². The number of nitrogens with zero attached hydrogens (tertiary/aromatic N) is 1. The Balaban J connectivity index is 2.58. The van der Waals surface area contributed by atoms with Crippen LogP contribution in [-0.2, 0) is 10.0 Å². The largest absolute Gasteiger partial charge is 0.214 e. The van der Waals surface area contributed by atoms with Crippen LogP contribution in [0.15, 0.2) is 0 Å². The number of hydrogen-bond donors (Lipinski definition) is 0. The maximum Gasteiger partial charge on any atom is 0.214 e. The van der Waals surface area contributed by atoms with Crippen molar-refractivity contribution in [3.63, 3.8) is 0 Å². The second kappa shape index (κ2) is 4.19. The van der Waals surface area contributed by atoms with Crippen LogP contribution in [0.3, 0.4) is 0 Å². The van der Waals surface area contributed by atoms with Gasteiger partial charge in [-0.3, -0.25) is 0 Å². The van der Waals surface area contributed by atoms with Crippen LogP contribution in [0.25, 0.3) is 0 Å². The predicted octanol–water partition coefficient (Wildman–Crippen LogP) is 1.85. The van der Waals surface area contributed by atoms with Gasteiger partial charge in [0.15, 0.2) is 0 Å². The first kappa shape index (κ1) is 12.0. The highest BCUT2D eigenvalue weighted by atomic mass is 32.2. The molecule has 1 rings (SSSR count). The van der Waals surface area contributed by atoms with Crippen molar-refractivity contribution in [1.29, 1.82) is 0 Å². The van der Waals surface area contributed by atoms with Gasteiger partial charge in [0.25, 0.3) is 0 Å². The van der Waals surface area contributed by atoms with Crippen LogP contribution in [0.2, 0.25) is 0 Å². The third kappa shape index (κ3) is 2.95. The molecule has 0 aromatic rings. The van der Waals surface area contributed by atoms with Crippen LogP contribution in [0.5, 0.6) is 0 Å². The van der Waals surface area contributed by atoms with Gasteiger partial charge >= 0.3 is 0 Å². The summed E-state index contributed by atoms with van der Waals surface area (Å²) >= 11 is 0. The van der Waals surface area contributed by atoms with Gasteiger partial charge in [-0.05, 0) is 24.7 Å². The Morgan fingerprint density at radius 2 is 1.71 bits per heavy atom. The van der Waals surface area contributed by atoms with Gasteiger partial charge in [-0.25, -0.2) is 12.7 Å². The number of hydrogen-bond acceptors (Lipinski definition) is 2. The SMILES string of the molecule is CCCS(=O)(=O)N1CCC(C)(C)CC1. The van der Waals surface area contributed by atoms with Gasteiger partial charge in [0.05, 0.1) is 5.75 Å². The molecule has 4 heteroatoms. The molecule has 0 spiro atoms. The van der Waals surface area contributed by atoms with Gasteiger partial charge < -0.3 is 0 Å². The first-order valence-corrected chi connectivity index (χ1v) is 6.96. The van der Waals surface area contributed by atoms with E-state index in [1.165, 1.54) is 0 Å². The van der Waals surface area contributed by atoms with Gasteiger partial charge in [0.1, 0.15) is 0 Å². The second-order valence-electron chi connectivity index (χ2n) is 4.88. The molecule has 3 nitrogen and oxygen atoms in total. The van der Waals surface area contributed by atoms with E-state index in [0.717, 1.165) is 12.8 Å². The summed E-state index contributed by atoms with van der Waals surface area (Å²) in [5, 5.41) is 0. The molecule has 0 N–H and O–H groups in total. The molecule has 1 saturated heterocycles. The molecule has 0 bridgehead atoms. The second-order valence-corrected chi connectivity index (χ2v) is 6.97. The minimum absolute atomic E-state index is 0.299. The summed E-state index contributed by atoms with van der Waals surface area (Å²) in [6.07, 6.45) is 2.67. The van der Waals surface area contributed by atoms with Crippen LogP contribution in [-0.4, -0.2) is 31.6 Å². The van der Waals surface area contributed by atoms with Crippen molar-refractivity contribution in [1.82, 2.24) is 4.31 Å². The van der Waals surface area contributed by atoms with E-state index < -0.39 is 10.0 Å². The lowest BCUT2D eigenvalue weighted by Crippen LogP contribution is -2.42. The lowest BCUT2D eigenvalue weighted by atomic mass is 9.83. The highest BCUT2D eigenvalue weighted by molar-refractivity contribution is 7.89. The van der Waals surface area contributed by atoms with Crippen LogP contribution in [0.4, 0.5) is 0 Å². The molecule has 0 amide bonds. The fraction of sp³-hybridized carbons (Fsp3) is 1.00. The third-order valence-corrected chi connectivity index (χ3v) is 5.01. The lowest BCUT2D eigenvalue weighted by molar-refractivity contribution is 0.196. The zero-order valence-corrected chi connectivity index (χ0v) is 10.2. The van der Waals surface area contributed by atoms with E-state index >= 15 is 0 Å². The van der Waals surface area contributed by atoms with Crippen molar-refractivity contribution in [3.8, 4) is 0 Å². The zero-order valence-electron chi connectivity index (χ0n) is 9.41. The van der Waals surface area contributed by atoms with Gasteiger partial charge in [0, 0.05) is 13.1 Å². The average Bonchev–Trinajstić information content (AvgIpc) is 2.03. The molecule has 0 aromatic carbocycles. The van der Waals surface area contributed by atoms with E-state index in [1.54, 1.807) is 4.31 Å². The lowest BCUT2D eigenvalue weighted by Gasteiger charge is -2.36. The maximum absolute atomic E-state index is 11.7. The number of sulfonamides is 1. The highest BCUT2D eigenvalue weighted by Crippen LogP contribution is 2.30. The average molecular weight is 219 g/mol. The van der Waals surface area contributed by atoms with E-state index in [2.05, 4.69) is 13.8 Å². The number of rotatable bonds is 3.